The van der Waals surface area contributed by atoms with Crippen LogP contribution in [0.1, 0.15) is 55.6 Å². The first kappa shape index (κ1) is 19.9. The van der Waals surface area contributed by atoms with Crippen LogP contribution in [0.15, 0.2) is 24.3 Å². The van der Waals surface area contributed by atoms with Crippen molar-refractivity contribution in [1.82, 2.24) is 15.1 Å². The number of carbonyl (C=O) groups is 2. The van der Waals surface area contributed by atoms with Crippen molar-refractivity contribution in [2.75, 3.05) is 45.9 Å². The summed E-state index contributed by atoms with van der Waals surface area (Å²) in [5, 5.41) is 3.14. The Morgan fingerprint density at radius 3 is 2.47 bits per heavy atom. The topological polar surface area (TPSA) is 61.9 Å². The summed E-state index contributed by atoms with van der Waals surface area (Å²) < 4.78 is 5.38. The third-order valence-corrected chi connectivity index (χ3v) is 7.60. The molecule has 2 heterocycles. The molecule has 1 saturated carbocycles. The van der Waals surface area contributed by atoms with Crippen molar-refractivity contribution in [3.8, 4) is 0 Å². The van der Waals surface area contributed by atoms with E-state index in [1.54, 1.807) is 0 Å². The first-order chi connectivity index (χ1) is 14.6. The molecule has 1 aromatic rings. The zero-order valence-electron chi connectivity index (χ0n) is 17.8. The van der Waals surface area contributed by atoms with Crippen LogP contribution in [0, 0.1) is 5.92 Å². The van der Waals surface area contributed by atoms with Crippen molar-refractivity contribution in [3.05, 3.63) is 35.4 Å². The average Bonchev–Trinajstić information content (AvgIpc) is 3.58. The summed E-state index contributed by atoms with van der Waals surface area (Å²) in [6, 6.07) is 8.87. The molecule has 162 valence electrons. The van der Waals surface area contributed by atoms with Gasteiger partial charge in [-0.05, 0) is 60.5 Å². The number of ether oxygens (including phenoxy) is 1. The van der Waals surface area contributed by atoms with E-state index < -0.39 is 0 Å². The van der Waals surface area contributed by atoms with Gasteiger partial charge in [-0.3, -0.25) is 4.79 Å². The third-order valence-electron chi connectivity index (χ3n) is 7.60. The van der Waals surface area contributed by atoms with Gasteiger partial charge in [-0.1, -0.05) is 24.3 Å². The lowest BCUT2D eigenvalue weighted by molar-refractivity contribution is -0.121. The normalized spacial score (nSPS) is 25.3. The van der Waals surface area contributed by atoms with Crippen LogP contribution in [0.25, 0.3) is 0 Å². The van der Waals surface area contributed by atoms with E-state index in [9.17, 15) is 9.59 Å². The number of benzene rings is 1. The molecule has 5 rings (SSSR count). The van der Waals surface area contributed by atoms with E-state index >= 15 is 0 Å². The molecule has 2 saturated heterocycles. The van der Waals surface area contributed by atoms with Gasteiger partial charge in [-0.2, -0.15) is 0 Å². The minimum Gasteiger partial charge on any atom is -0.378 e. The maximum atomic E-state index is 12.9. The third kappa shape index (κ3) is 3.94. The number of carbonyl (C=O) groups excluding carboxylic acids is 2. The Bertz CT molecular complexity index is 793. The summed E-state index contributed by atoms with van der Waals surface area (Å²) in [6.07, 6.45) is 6.11. The highest BCUT2D eigenvalue weighted by atomic mass is 16.5. The Morgan fingerprint density at radius 2 is 1.73 bits per heavy atom. The van der Waals surface area contributed by atoms with Crippen LogP contribution in [0.2, 0.25) is 0 Å². The number of nitrogens with zero attached hydrogens (tertiary/aromatic N) is 2. The van der Waals surface area contributed by atoms with Crippen LogP contribution < -0.4 is 5.32 Å². The number of fused-ring (bicyclic) bond motifs is 2. The summed E-state index contributed by atoms with van der Waals surface area (Å²) in [5.41, 5.74) is 2.88. The van der Waals surface area contributed by atoms with Gasteiger partial charge in [0.15, 0.2) is 0 Å². The van der Waals surface area contributed by atoms with Crippen LogP contribution in [-0.2, 0) is 14.9 Å². The van der Waals surface area contributed by atoms with Gasteiger partial charge in [0.25, 0.3) is 0 Å². The number of piperidine rings is 1. The summed E-state index contributed by atoms with van der Waals surface area (Å²) in [5.74, 6) is 1.20. The molecule has 1 unspecified atom stereocenters. The second-order valence-electron chi connectivity index (χ2n) is 9.59. The summed E-state index contributed by atoms with van der Waals surface area (Å²) >= 11 is 0. The molecule has 3 amide bonds. The lowest BCUT2D eigenvalue weighted by Gasteiger charge is -2.42. The van der Waals surface area contributed by atoms with E-state index in [0.29, 0.717) is 44.6 Å². The number of likely N-dealkylation sites (tertiary alicyclic amines) is 1. The number of urea groups is 1. The quantitative estimate of drug-likeness (QED) is 0.829. The molecule has 0 aromatic heterocycles. The molecule has 0 radical (unpaired) electrons. The number of hydrogen-bond donors (Lipinski definition) is 1. The molecule has 0 bridgehead atoms. The Hall–Kier alpha value is -2.08. The lowest BCUT2D eigenvalue weighted by atomic mass is 9.73. The molecule has 2 aliphatic heterocycles. The number of nitrogens with one attached hydrogen (secondary N) is 1. The van der Waals surface area contributed by atoms with Crippen LogP contribution in [0.4, 0.5) is 4.79 Å². The van der Waals surface area contributed by atoms with Gasteiger partial charge in [-0.15, -0.1) is 0 Å². The standard InChI is InChI=1S/C24H33N3O3/c28-22(25-17-18-5-6-18)15-19-16-24(21-4-2-1-3-20(19)21)7-9-26(10-8-24)23(29)27-11-13-30-14-12-27/h1-4,18-19H,5-17H2,(H,25,28). The van der Waals surface area contributed by atoms with Crippen LogP contribution >= 0.6 is 0 Å². The molecule has 6 heteroatoms. The molecule has 2 aliphatic carbocycles. The minimum absolute atomic E-state index is 0.111. The highest BCUT2D eigenvalue weighted by molar-refractivity contribution is 5.77. The Kier molecular flexibility index (Phi) is 5.44. The fraction of sp³-hybridized carbons (Fsp3) is 0.667. The summed E-state index contributed by atoms with van der Waals surface area (Å²) in [6.45, 7) is 5.11. The molecule has 6 nitrogen and oxygen atoms in total. The van der Waals surface area contributed by atoms with Crippen LogP contribution in [0.3, 0.4) is 0 Å². The van der Waals surface area contributed by atoms with Gasteiger partial charge in [0.1, 0.15) is 0 Å². The van der Waals surface area contributed by atoms with Crippen molar-refractivity contribution < 1.29 is 14.3 Å². The summed E-state index contributed by atoms with van der Waals surface area (Å²) in [4.78, 5) is 29.4. The highest BCUT2D eigenvalue weighted by Crippen LogP contribution is 2.52. The Morgan fingerprint density at radius 1 is 1.03 bits per heavy atom. The molecular formula is C24H33N3O3. The van der Waals surface area contributed by atoms with Crippen LogP contribution in [0.5, 0.6) is 0 Å². The first-order valence-corrected chi connectivity index (χ1v) is 11.6. The predicted octanol–water partition coefficient (Wildman–Crippen LogP) is 2.88. The Balaban J connectivity index is 1.24. The predicted molar refractivity (Wildman–Crippen MR) is 114 cm³/mol. The van der Waals surface area contributed by atoms with Gasteiger partial charge in [0.2, 0.25) is 5.91 Å². The minimum atomic E-state index is 0.111. The maximum Gasteiger partial charge on any atom is 0.320 e. The van der Waals surface area contributed by atoms with Crippen molar-refractivity contribution in [1.29, 1.82) is 0 Å². The second kappa shape index (κ2) is 8.22. The molecule has 3 fully saturated rings. The second-order valence-corrected chi connectivity index (χ2v) is 9.59. The molecule has 1 spiro atoms. The van der Waals surface area contributed by atoms with E-state index in [4.69, 9.17) is 4.74 Å². The molecule has 1 atom stereocenters. The highest BCUT2D eigenvalue weighted by Gasteiger charge is 2.46. The van der Waals surface area contributed by atoms with E-state index in [1.807, 2.05) is 9.80 Å². The molecule has 1 aromatic carbocycles. The lowest BCUT2D eigenvalue weighted by Crippen LogP contribution is -2.52. The molecule has 30 heavy (non-hydrogen) atoms. The van der Waals surface area contributed by atoms with Gasteiger partial charge in [0, 0.05) is 39.1 Å². The van der Waals surface area contributed by atoms with E-state index in [1.165, 1.54) is 24.0 Å². The van der Waals surface area contributed by atoms with E-state index in [0.717, 1.165) is 38.9 Å². The molecule has 1 N–H and O–H groups in total. The fourth-order valence-corrected chi connectivity index (χ4v) is 5.64. The summed E-state index contributed by atoms with van der Waals surface area (Å²) in [7, 11) is 0. The SMILES string of the molecule is O=C(CC1CC2(CCN(C(=O)N3CCOCC3)CC2)c2ccccc21)NCC1CC1. The van der Waals surface area contributed by atoms with Gasteiger partial charge in [-0.25, -0.2) is 4.79 Å². The maximum absolute atomic E-state index is 12.9. The average molecular weight is 412 g/mol. The zero-order valence-corrected chi connectivity index (χ0v) is 17.8. The van der Waals surface area contributed by atoms with Crippen molar-refractivity contribution >= 4 is 11.9 Å². The fourth-order valence-electron chi connectivity index (χ4n) is 5.64. The van der Waals surface area contributed by atoms with Crippen molar-refractivity contribution in [3.63, 3.8) is 0 Å². The van der Waals surface area contributed by atoms with Crippen LogP contribution in [-0.4, -0.2) is 67.7 Å². The van der Waals surface area contributed by atoms with E-state index in [2.05, 4.69) is 29.6 Å². The van der Waals surface area contributed by atoms with Gasteiger partial charge < -0.3 is 19.9 Å². The Labute approximate surface area is 178 Å². The van der Waals surface area contributed by atoms with Gasteiger partial charge >= 0.3 is 6.03 Å². The monoisotopic (exact) mass is 411 g/mol. The number of amides is 3. The zero-order chi connectivity index (χ0) is 20.6. The van der Waals surface area contributed by atoms with E-state index in [-0.39, 0.29) is 17.4 Å². The molecular weight excluding hydrogens is 378 g/mol. The number of hydrogen-bond acceptors (Lipinski definition) is 3. The number of morpholine rings is 1. The van der Waals surface area contributed by atoms with Gasteiger partial charge in [0.05, 0.1) is 13.2 Å². The largest absolute Gasteiger partial charge is 0.378 e. The molecule has 4 aliphatic rings. The number of rotatable bonds is 4. The smallest absolute Gasteiger partial charge is 0.320 e. The van der Waals surface area contributed by atoms with Crippen molar-refractivity contribution in [2.24, 2.45) is 5.92 Å². The first-order valence-electron chi connectivity index (χ1n) is 11.6. The van der Waals surface area contributed by atoms with Crippen molar-refractivity contribution in [2.45, 2.75) is 49.9 Å².